The molecule has 0 radical (unpaired) electrons. The third-order valence-electron chi connectivity index (χ3n) is 5.22. The molecule has 2 rings (SSSR count). The van der Waals surface area contributed by atoms with E-state index in [9.17, 15) is 14.4 Å². The number of amides is 2. The lowest BCUT2D eigenvalue weighted by Gasteiger charge is -2.19. The van der Waals surface area contributed by atoms with Gasteiger partial charge in [-0.2, -0.15) is 0 Å². The Labute approximate surface area is 188 Å². The number of methoxy groups -OCH3 is 2. The number of hydrogen-bond donors (Lipinski definition) is 2. The molecule has 0 saturated carbocycles. The third-order valence-corrected chi connectivity index (χ3v) is 5.22. The maximum absolute atomic E-state index is 12.8. The van der Waals surface area contributed by atoms with Crippen LogP contribution >= 0.6 is 0 Å². The number of nitrogens with zero attached hydrogens (tertiary/aromatic N) is 2. The van der Waals surface area contributed by atoms with E-state index in [1.807, 2.05) is 6.92 Å². The molecule has 0 bridgehead atoms. The molecule has 32 heavy (non-hydrogen) atoms. The summed E-state index contributed by atoms with van der Waals surface area (Å²) in [4.78, 5) is 41.9. The van der Waals surface area contributed by atoms with E-state index >= 15 is 0 Å². The predicted molar refractivity (Wildman–Crippen MR) is 123 cm³/mol. The van der Waals surface area contributed by atoms with E-state index in [4.69, 9.17) is 9.47 Å². The van der Waals surface area contributed by atoms with Crippen LogP contribution in [0.1, 0.15) is 47.0 Å². The molecule has 0 fully saturated rings. The Hall–Kier alpha value is -3.10. The molecule has 2 amide bonds. The molecule has 0 saturated heterocycles. The van der Waals surface area contributed by atoms with E-state index in [2.05, 4.69) is 29.5 Å². The summed E-state index contributed by atoms with van der Waals surface area (Å²) in [5.41, 5.74) is 0.0468. The Morgan fingerprint density at radius 2 is 1.69 bits per heavy atom. The first-order valence-electron chi connectivity index (χ1n) is 10.9. The van der Waals surface area contributed by atoms with Gasteiger partial charge in [-0.05, 0) is 32.3 Å². The molecule has 2 N–H and O–H groups in total. The Balaban J connectivity index is 2.00. The van der Waals surface area contributed by atoms with Crippen molar-refractivity contribution in [3.05, 3.63) is 28.8 Å². The Morgan fingerprint density at radius 1 is 1.03 bits per heavy atom. The van der Waals surface area contributed by atoms with Crippen molar-refractivity contribution in [3.8, 4) is 11.5 Å². The summed E-state index contributed by atoms with van der Waals surface area (Å²) in [7, 11) is 2.97. The summed E-state index contributed by atoms with van der Waals surface area (Å²) >= 11 is 0. The summed E-state index contributed by atoms with van der Waals surface area (Å²) < 4.78 is 11.7. The van der Waals surface area contributed by atoms with E-state index in [-0.39, 0.29) is 24.1 Å². The highest BCUT2D eigenvalue weighted by molar-refractivity contribution is 5.87. The Kier molecular flexibility index (Phi) is 9.04. The molecule has 1 heterocycles. The molecule has 0 aliphatic carbocycles. The maximum Gasteiger partial charge on any atom is 0.261 e. The standard InChI is InChI=1S/C23H34N4O5/c1-14(2)8-7-9-15(3)25-22(29)16(4)26-21(28)12-27-13-24-18-11-20(32-6)19(31-5)10-17(18)23(27)30/h10-11,13-16H,7-9,12H2,1-6H3,(H,25,29)(H,26,28). The van der Waals surface area contributed by atoms with Gasteiger partial charge in [0.25, 0.3) is 5.56 Å². The molecule has 9 heteroatoms. The van der Waals surface area contributed by atoms with E-state index in [1.54, 1.807) is 13.0 Å². The van der Waals surface area contributed by atoms with Gasteiger partial charge < -0.3 is 20.1 Å². The fourth-order valence-electron chi connectivity index (χ4n) is 3.38. The fraction of sp³-hybridized carbons (Fsp3) is 0.565. The summed E-state index contributed by atoms with van der Waals surface area (Å²) in [6.45, 7) is 7.66. The smallest absolute Gasteiger partial charge is 0.261 e. The van der Waals surface area contributed by atoms with Crippen molar-refractivity contribution in [2.75, 3.05) is 14.2 Å². The van der Waals surface area contributed by atoms with Crippen LogP contribution in [0.5, 0.6) is 11.5 Å². The van der Waals surface area contributed by atoms with Crippen LogP contribution < -0.4 is 25.7 Å². The molecule has 2 atom stereocenters. The van der Waals surface area contributed by atoms with Gasteiger partial charge in [-0.1, -0.05) is 26.7 Å². The second kappa shape index (κ2) is 11.5. The van der Waals surface area contributed by atoms with Gasteiger partial charge in [0.05, 0.1) is 31.4 Å². The first-order valence-corrected chi connectivity index (χ1v) is 10.9. The number of hydrogen-bond acceptors (Lipinski definition) is 6. The molecule has 176 valence electrons. The van der Waals surface area contributed by atoms with Crippen LogP contribution in [-0.2, 0) is 16.1 Å². The Bertz CT molecular complexity index is 1000. The number of benzene rings is 1. The summed E-state index contributed by atoms with van der Waals surface area (Å²) in [6.07, 6.45) is 4.34. The number of nitrogens with one attached hydrogen (secondary N) is 2. The van der Waals surface area contributed by atoms with E-state index < -0.39 is 11.9 Å². The highest BCUT2D eigenvalue weighted by atomic mass is 16.5. The molecule has 0 spiro atoms. The molecular formula is C23H34N4O5. The van der Waals surface area contributed by atoms with Crippen LogP contribution in [0.25, 0.3) is 10.9 Å². The molecule has 2 unspecified atom stereocenters. The van der Waals surface area contributed by atoms with Crippen LogP contribution in [0.4, 0.5) is 0 Å². The van der Waals surface area contributed by atoms with E-state index in [1.165, 1.54) is 31.2 Å². The van der Waals surface area contributed by atoms with Gasteiger partial charge in [0.2, 0.25) is 11.8 Å². The molecular weight excluding hydrogens is 412 g/mol. The number of rotatable bonds is 11. The van der Waals surface area contributed by atoms with E-state index in [0.717, 1.165) is 19.3 Å². The Morgan fingerprint density at radius 3 is 2.31 bits per heavy atom. The number of carbonyl (C=O) groups excluding carboxylic acids is 2. The van der Waals surface area contributed by atoms with Crippen LogP contribution in [-0.4, -0.2) is 47.7 Å². The van der Waals surface area contributed by atoms with Gasteiger partial charge in [-0.25, -0.2) is 4.98 Å². The lowest BCUT2D eigenvalue weighted by Crippen LogP contribution is -2.48. The second-order valence-electron chi connectivity index (χ2n) is 8.43. The normalized spacial score (nSPS) is 13.0. The summed E-state index contributed by atoms with van der Waals surface area (Å²) in [5, 5.41) is 5.87. The minimum atomic E-state index is -0.719. The lowest BCUT2D eigenvalue weighted by atomic mass is 10.0. The van der Waals surface area contributed by atoms with Crippen molar-refractivity contribution in [2.45, 2.75) is 65.6 Å². The predicted octanol–water partition coefficient (Wildman–Crippen LogP) is 2.25. The number of ether oxygens (including phenoxy) is 2. The number of fused-ring (bicyclic) bond motifs is 1. The molecule has 0 aliphatic rings. The zero-order chi connectivity index (χ0) is 23.8. The topological polar surface area (TPSA) is 112 Å². The number of carbonyl (C=O) groups is 2. The molecule has 2 aromatic rings. The van der Waals surface area contributed by atoms with Gasteiger partial charge in [-0.15, -0.1) is 0 Å². The van der Waals surface area contributed by atoms with Crippen molar-refractivity contribution in [1.29, 1.82) is 0 Å². The van der Waals surface area contributed by atoms with Crippen LogP contribution in [0.15, 0.2) is 23.3 Å². The van der Waals surface area contributed by atoms with Gasteiger partial charge >= 0.3 is 0 Å². The monoisotopic (exact) mass is 446 g/mol. The average molecular weight is 447 g/mol. The van der Waals surface area contributed by atoms with Crippen molar-refractivity contribution >= 4 is 22.7 Å². The quantitative estimate of drug-likeness (QED) is 0.548. The van der Waals surface area contributed by atoms with Gasteiger partial charge in [-0.3, -0.25) is 19.0 Å². The van der Waals surface area contributed by atoms with Crippen molar-refractivity contribution in [2.24, 2.45) is 5.92 Å². The largest absolute Gasteiger partial charge is 0.493 e. The van der Waals surface area contributed by atoms with Crippen molar-refractivity contribution in [1.82, 2.24) is 20.2 Å². The minimum Gasteiger partial charge on any atom is -0.493 e. The zero-order valence-electron chi connectivity index (χ0n) is 19.7. The zero-order valence-corrected chi connectivity index (χ0v) is 19.7. The second-order valence-corrected chi connectivity index (χ2v) is 8.43. The molecule has 0 aliphatic heterocycles. The van der Waals surface area contributed by atoms with Gasteiger partial charge in [0.1, 0.15) is 12.6 Å². The van der Waals surface area contributed by atoms with Crippen molar-refractivity contribution in [3.63, 3.8) is 0 Å². The van der Waals surface area contributed by atoms with Gasteiger partial charge in [0.15, 0.2) is 11.5 Å². The van der Waals surface area contributed by atoms with Gasteiger partial charge in [0, 0.05) is 12.1 Å². The molecule has 9 nitrogen and oxygen atoms in total. The maximum atomic E-state index is 12.8. The summed E-state index contributed by atoms with van der Waals surface area (Å²) in [5.74, 6) is 0.779. The highest BCUT2D eigenvalue weighted by Gasteiger charge is 2.19. The highest BCUT2D eigenvalue weighted by Crippen LogP contribution is 2.29. The van der Waals surface area contributed by atoms with Crippen LogP contribution in [0, 0.1) is 5.92 Å². The minimum absolute atomic E-state index is 0.0277. The first kappa shape index (κ1) is 25.2. The SMILES string of the molecule is COc1cc2ncn(CC(=O)NC(C)C(=O)NC(C)CCCC(C)C)c(=O)c2cc1OC. The first-order chi connectivity index (χ1) is 15.2. The molecule has 1 aromatic carbocycles. The summed E-state index contributed by atoms with van der Waals surface area (Å²) in [6, 6.07) is 2.45. The number of aromatic nitrogens is 2. The average Bonchev–Trinajstić information content (AvgIpc) is 2.74. The fourth-order valence-corrected chi connectivity index (χ4v) is 3.38. The molecule has 1 aromatic heterocycles. The van der Waals surface area contributed by atoms with E-state index in [0.29, 0.717) is 28.3 Å². The third kappa shape index (κ3) is 6.70. The van der Waals surface area contributed by atoms with Crippen molar-refractivity contribution < 1.29 is 19.1 Å². The lowest BCUT2D eigenvalue weighted by molar-refractivity contribution is -0.129. The van der Waals surface area contributed by atoms with Crippen LogP contribution in [0.3, 0.4) is 0 Å². The van der Waals surface area contributed by atoms with Crippen LogP contribution in [0.2, 0.25) is 0 Å².